The third kappa shape index (κ3) is 4.40. The number of hydrogen-bond donors (Lipinski definition) is 3. The first-order chi connectivity index (χ1) is 8.29. The maximum Gasteiger partial charge on any atom is 0.407 e. The molecular weight excluding hydrogens is 240 g/mol. The molecule has 0 bridgehead atoms. The fraction of sp³-hybridized carbons (Fsp3) is 0.600. The summed E-state index contributed by atoms with van der Waals surface area (Å²) in [4.78, 5) is 22.0. The predicted molar refractivity (Wildman–Crippen MR) is 61.3 cm³/mol. The van der Waals surface area contributed by atoms with Gasteiger partial charge in [-0.3, -0.25) is 0 Å². The molecule has 18 heavy (non-hydrogen) atoms. The molecule has 0 aromatic carbocycles. The van der Waals surface area contributed by atoms with Crippen molar-refractivity contribution in [2.24, 2.45) is 0 Å². The van der Waals surface area contributed by atoms with Crippen molar-refractivity contribution in [1.29, 1.82) is 0 Å². The minimum absolute atomic E-state index is 0.138. The number of nitrogens with zero attached hydrogens (tertiary/aromatic N) is 2. The first-order valence-electron chi connectivity index (χ1n) is 5.39. The summed E-state index contributed by atoms with van der Waals surface area (Å²) in [6, 6.07) is 0. The zero-order valence-electron chi connectivity index (χ0n) is 10.5. The minimum atomic E-state index is -1.16. The van der Waals surface area contributed by atoms with Gasteiger partial charge in [-0.1, -0.05) is 0 Å². The van der Waals surface area contributed by atoms with Gasteiger partial charge in [0.05, 0.1) is 5.69 Å². The summed E-state index contributed by atoms with van der Waals surface area (Å²) < 4.78 is 5.02. The van der Waals surface area contributed by atoms with Crippen LogP contribution >= 0.6 is 0 Å². The summed E-state index contributed by atoms with van der Waals surface area (Å²) in [5, 5.41) is 20.7. The topological polar surface area (TPSA) is 117 Å². The van der Waals surface area contributed by atoms with E-state index in [2.05, 4.69) is 20.7 Å². The van der Waals surface area contributed by atoms with Crippen LogP contribution in [0.15, 0.2) is 0 Å². The number of rotatable bonds is 4. The fourth-order valence-corrected chi connectivity index (χ4v) is 1.20. The van der Waals surface area contributed by atoms with Gasteiger partial charge in [0.2, 0.25) is 0 Å². The van der Waals surface area contributed by atoms with Gasteiger partial charge in [-0.05, 0) is 20.8 Å². The highest BCUT2D eigenvalue weighted by Gasteiger charge is 2.17. The number of aromatic amines is 1. The molecule has 0 atom stereocenters. The van der Waals surface area contributed by atoms with E-state index in [9.17, 15) is 9.59 Å². The van der Waals surface area contributed by atoms with Crippen LogP contribution < -0.4 is 5.32 Å². The molecule has 100 valence electrons. The van der Waals surface area contributed by atoms with E-state index in [0.29, 0.717) is 5.69 Å². The molecule has 0 aliphatic rings. The molecule has 1 amide bonds. The molecule has 0 fully saturated rings. The molecule has 1 aromatic rings. The van der Waals surface area contributed by atoms with Gasteiger partial charge in [0.15, 0.2) is 5.69 Å². The number of carbonyl (C=O) groups excluding carboxylic acids is 1. The van der Waals surface area contributed by atoms with Crippen molar-refractivity contribution >= 4 is 12.1 Å². The van der Waals surface area contributed by atoms with E-state index in [1.54, 1.807) is 20.8 Å². The summed E-state index contributed by atoms with van der Waals surface area (Å²) in [6.07, 6.45) is -0.292. The van der Waals surface area contributed by atoms with Crippen molar-refractivity contribution in [3.63, 3.8) is 0 Å². The number of carboxylic acid groups (broad SMARTS) is 1. The number of amides is 1. The van der Waals surface area contributed by atoms with Crippen LogP contribution in [0.3, 0.4) is 0 Å². The normalized spacial score (nSPS) is 11.1. The lowest BCUT2D eigenvalue weighted by molar-refractivity contribution is 0.0528. The minimum Gasteiger partial charge on any atom is -0.476 e. The molecule has 1 heterocycles. The monoisotopic (exact) mass is 256 g/mol. The summed E-state index contributed by atoms with van der Waals surface area (Å²) in [5.41, 5.74) is -0.413. The average Bonchev–Trinajstić information content (AvgIpc) is 2.62. The Bertz CT molecular complexity index is 435. The van der Waals surface area contributed by atoms with Gasteiger partial charge in [-0.15, -0.1) is 5.10 Å². The van der Waals surface area contributed by atoms with E-state index >= 15 is 0 Å². The molecule has 0 saturated heterocycles. The summed E-state index contributed by atoms with van der Waals surface area (Å²) in [7, 11) is 0. The number of aromatic nitrogens is 3. The second-order valence-corrected chi connectivity index (χ2v) is 4.60. The Kier molecular flexibility index (Phi) is 4.24. The quantitative estimate of drug-likeness (QED) is 0.725. The zero-order chi connectivity index (χ0) is 13.8. The lowest BCUT2D eigenvalue weighted by atomic mass is 10.2. The van der Waals surface area contributed by atoms with Gasteiger partial charge < -0.3 is 15.2 Å². The maximum atomic E-state index is 11.3. The first kappa shape index (κ1) is 13.9. The number of nitrogens with one attached hydrogen (secondary N) is 2. The van der Waals surface area contributed by atoms with Gasteiger partial charge in [0.1, 0.15) is 5.60 Å². The molecule has 3 N–H and O–H groups in total. The molecule has 8 nitrogen and oxygen atoms in total. The molecular formula is C10H16N4O4. The predicted octanol–water partition coefficient (Wildman–Crippen LogP) is 0.570. The summed E-state index contributed by atoms with van der Waals surface area (Å²) in [5.74, 6) is -1.16. The highest BCUT2D eigenvalue weighted by molar-refractivity contribution is 5.86. The van der Waals surface area contributed by atoms with E-state index in [4.69, 9.17) is 9.84 Å². The van der Waals surface area contributed by atoms with E-state index in [-0.39, 0.29) is 18.7 Å². The lowest BCUT2D eigenvalue weighted by Gasteiger charge is -2.19. The van der Waals surface area contributed by atoms with Crippen LogP contribution in [0.4, 0.5) is 4.79 Å². The van der Waals surface area contributed by atoms with E-state index < -0.39 is 17.7 Å². The zero-order valence-corrected chi connectivity index (χ0v) is 10.5. The number of hydrogen-bond acceptors (Lipinski definition) is 5. The Hall–Kier alpha value is -2.12. The highest BCUT2D eigenvalue weighted by atomic mass is 16.6. The maximum absolute atomic E-state index is 11.3. The van der Waals surface area contributed by atoms with Crippen LogP contribution in [0.1, 0.15) is 37.0 Å². The lowest BCUT2D eigenvalue weighted by Crippen LogP contribution is -2.33. The second-order valence-electron chi connectivity index (χ2n) is 4.60. The van der Waals surface area contributed by atoms with Gasteiger partial charge >= 0.3 is 12.1 Å². The second kappa shape index (κ2) is 5.48. The van der Waals surface area contributed by atoms with Crippen molar-refractivity contribution in [2.75, 3.05) is 6.54 Å². The van der Waals surface area contributed by atoms with Crippen LogP contribution in [-0.2, 0) is 11.2 Å². The van der Waals surface area contributed by atoms with E-state index in [1.165, 1.54) is 0 Å². The molecule has 0 saturated carbocycles. The summed E-state index contributed by atoms with van der Waals surface area (Å²) in [6.45, 7) is 5.49. The molecule has 0 aliphatic heterocycles. The smallest absolute Gasteiger partial charge is 0.407 e. The molecule has 0 radical (unpaired) electrons. The Labute approximate surface area is 104 Å². The number of aromatic carboxylic acids is 1. The van der Waals surface area contributed by atoms with Crippen LogP contribution in [-0.4, -0.2) is 44.7 Å². The van der Waals surface area contributed by atoms with Crippen molar-refractivity contribution in [3.8, 4) is 0 Å². The fourth-order valence-electron chi connectivity index (χ4n) is 1.20. The number of carboxylic acids is 1. The molecule has 1 rings (SSSR count). The molecule has 0 spiro atoms. The van der Waals surface area contributed by atoms with E-state index in [0.717, 1.165) is 0 Å². The summed E-state index contributed by atoms with van der Waals surface area (Å²) >= 11 is 0. The number of ether oxygens (including phenoxy) is 1. The van der Waals surface area contributed by atoms with Crippen molar-refractivity contribution in [3.05, 3.63) is 11.4 Å². The largest absolute Gasteiger partial charge is 0.476 e. The highest BCUT2D eigenvalue weighted by Crippen LogP contribution is 2.06. The van der Waals surface area contributed by atoms with Gasteiger partial charge in [-0.25, -0.2) is 9.59 Å². The SMILES string of the molecule is CC(C)(C)OC(=O)NCCc1n[nH]nc1C(=O)O. The van der Waals surface area contributed by atoms with Crippen molar-refractivity contribution in [2.45, 2.75) is 32.8 Å². The third-order valence-electron chi connectivity index (χ3n) is 1.85. The van der Waals surface area contributed by atoms with Crippen molar-refractivity contribution < 1.29 is 19.4 Å². The van der Waals surface area contributed by atoms with Gasteiger partial charge in [0, 0.05) is 13.0 Å². The molecule has 1 aromatic heterocycles. The number of alkyl carbamates (subject to hydrolysis) is 1. The third-order valence-corrected chi connectivity index (χ3v) is 1.85. The van der Waals surface area contributed by atoms with Crippen molar-refractivity contribution in [1.82, 2.24) is 20.7 Å². The van der Waals surface area contributed by atoms with Gasteiger partial charge in [0.25, 0.3) is 0 Å². The standard InChI is InChI=1S/C10H16N4O4/c1-10(2,3)18-9(17)11-5-4-6-7(8(15)16)13-14-12-6/h4-5H2,1-3H3,(H,11,17)(H,15,16)(H,12,13,14). The first-order valence-corrected chi connectivity index (χ1v) is 5.39. The van der Waals surface area contributed by atoms with Crippen LogP contribution in [0, 0.1) is 0 Å². The molecule has 8 heteroatoms. The Morgan fingerprint density at radius 3 is 2.61 bits per heavy atom. The number of carbonyl (C=O) groups is 2. The van der Waals surface area contributed by atoms with E-state index in [1.807, 2.05) is 0 Å². The van der Waals surface area contributed by atoms with Crippen LogP contribution in [0.2, 0.25) is 0 Å². The number of H-pyrrole nitrogens is 1. The Morgan fingerprint density at radius 1 is 1.39 bits per heavy atom. The molecule has 0 aliphatic carbocycles. The Balaban J connectivity index is 2.40. The average molecular weight is 256 g/mol. The Morgan fingerprint density at radius 2 is 2.06 bits per heavy atom. The van der Waals surface area contributed by atoms with Gasteiger partial charge in [-0.2, -0.15) is 10.3 Å². The van der Waals surface area contributed by atoms with Crippen LogP contribution in [0.5, 0.6) is 0 Å². The molecule has 0 unspecified atom stereocenters. The van der Waals surface area contributed by atoms with Crippen LogP contribution in [0.25, 0.3) is 0 Å².